The van der Waals surface area contributed by atoms with Crippen LogP contribution in [0.2, 0.25) is 0 Å². The molecule has 13 nitrogen and oxygen atoms in total. The molecule has 3 aliphatic rings. The maximum atomic E-state index is 13.1. The molecule has 1 aromatic carbocycles. The summed E-state index contributed by atoms with van der Waals surface area (Å²) in [6, 6.07) is 6.64. The fourth-order valence-corrected chi connectivity index (χ4v) is 6.90. The SMILES string of the molecule is CC1(C)S[C@@H]2[C@H](NC(=O)[C@H](N=Cc3ccco3)c3ccc(O)cc3)C(=O)N2[C@H]1C(=O)O.C[C@@H]1O[C@@H]1P(=O)(O)O. The molecule has 3 fully saturated rings. The lowest BCUT2D eigenvalue weighted by Crippen LogP contribution is -2.70. The fourth-order valence-electron chi connectivity index (χ4n) is 4.38. The summed E-state index contributed by atoms with van der Waals surface area (Å²) in [7, 11) is -3.90. The van der Waals surface area contributed by atoms with Crippen LogP contribution in [0.3, 0.4) is 0 Å². The standard InChI is InChI=1S/C21H21N3O6S.C3H7O4P/c1-21(2)16(20(28)29)24-18(27)15(19(24)31-21)23-17(26)14(11-5-7-12(25)8-6-11)22-10-13-4-3-9-30-13;1-2-3(7-2)8(4,5)6/h3-10,14-16,19,25H,1-2H3,(H,23,26)(H,28,29);2-3H,1H3,(H2,4,5,6)/t14-,15-,16+,19-;2-,3+/m10/s1. The van der Waals surface area contributed by atoms with E-state index in [2.05, 4.69) is 15.0 Å². The summed E-state index contributed by atoms with van der Waals surface area (Å²) in [6.45, 7) is 5.17. The number of nitrogens with zero attached hydrogens (tertiary/aromatic N) is 2. The molecule has 6 atom stereocenters. The Kier molecular flexibility index (Phi) is 7.97. The fraction of sp³-hybridized carbons (Fsp3) is 0.417. The molecule has 5 N–H and O–H groups in total. The van der Waals surface area contributed by atoms with Gasteiger partial charge in [0.15, 0.2) is 11.9 Å². The topological polar surface area (TPSA) is 202 Å². The molecule has 2 amide bonds. The number of carboxylic acid groups (broad SMARTS) is 1. The summed E-state index contributed by atoms with van der Waals surface area (Å²) < 4.78 is 19.2. The van der Waals surface area contributed by atoms with Crippen molar-refractivity contribution in [3.05, 3.63) is 54.0 Å². The monoisotopic (exact) mass is 581 g/mol. The van der Waals surface area contributed by atoms with Crippen molar-refractivity contribution in [1.82, 2.24) is 10.2 Å². The van der Waals surface area contributed by atoms with Gasteiger partial charge < -0.3 is 39.4 Å². The third-order valence-corrected chi connectivity index (χ3v) is 9.11. The number of benzene rings is 1. The van der Waals surface area contributed by atoms with Crippen LogP contribution in [0, 0.1) is 0 Å². The van der Waals surface area contributed by atoms with Crippen LogP contribution in [0.5, 0.6) is 5.75 Å². The summed E-state index contributed by atoms with van der Waals surface area (Å²) in [6.07, 6.45) is 2.65. The minimum Gasteiger partial charge on any atom is -0.508 e. The van der Waals surface area contributed by atoms with Crippen molar-refractivity contribution >= 4 is 43.4 Å². The number of carboxylic acids is 1. The summed E-state index contributed by atoms with van der Waals surface area (Å²) in [5.74, 6) is -2.32. The number of rotatable bonds is 7. The lowest BCUT2D eigenvalue weighted by molar-refractivity contribution is -0.161. The zero-order valence-corrected chi connectivity index (χ0v) is 22.8. The highest BCUT2D eigenvalue weighted by molar-refractivity contribution is 8.01. The molecule has 15 heteroatoms. The molecule has 0 unspecified atom stereocenters. The summed E-state index contributed by atoms with van der Waals surface area (Å²) >= 11 is 1.35. The summed E-state index contributed by atoms with van der Waals surface area (Å²) in [5, 5.41) is 21.4. The first-order valence-electron chi connectivity index (χ1n) is 11.8. The highest BCUT2D eigenvalue weighted by Crippen LogP contribution is 2.52. The number of thioether (sulfide) groups is 1. The molecule has 39 heavy (non-hydrogen) atoms. The third kappa shape index (κ3) is 6.20. The van der Waals surface area contributed by atoms with E-state index in [4.69, 9.17) is 14.2 Å². The van der Waals surface area contributed by atoms with Crippen molar-refractivity contribution in [1.29, 1.82) is 0 Å². The van der Waals surface area contributed by atoms with E-state index in [1.807, 2.05) is 0 Å². The van der Waals surface area contributed by atoms with Crippen molar-refractivity contribution in [2.45, 2.75) is 61.0 Å². The molecule has 210 valence electrons. The molecule has 3 saturated heterocycles. The Bertz CT molecular complexity index is 1310. The van der Waals surface area contributed by atoms with Crippen molar-refractivity contribution in [3.63, 3.8) is 0 Å². The number of hydrogen-bond donors (Lipinski definition) is 5. The largest absolute Gasteiger partial charge is 0.508 e. The van der Waals surface area contributed by atoms with Crippen molar-refractivity contribution in [2.75, 3.05) is 0 Å². The normalized spacial score (nSPS) is 27.7. The molecular weight excluding hydrogens is 553 g/mol. The first-order chi connectivity index (χ1) is 18.2. The maximum Gasteiger partial charge on any atom is 0.356 e. The van der Waals surface area contributed by atoms with Gasteiger partial charge in [0, 0.05) is 4.75 Å². The quantitative estimate of drug-likeness (QED) is 0.138. The number of aromatic hydroxyl groups is 1. The number of aliphatic imine (C=N–C) groups is 1. The first-order valence-corrected chi connectivity index (χ1v) is 14.4. The van der Waals surface area contributed by atoms with Crippen LogP contribution in [-0.2, 0) is 23.7 Å². The Morgan fingerprint density at radius 1 is 1.23 bits per heavy atom. The highest BCUT2D eigenvalue weighted by atomic mass is 32.2. The first kappa shape index (κ1) is 28.8. The zero-order chi connectivity index (χ0) is 28.7. The van der Waals surface area contributed by atoms with Crippen LogP contribution in [0.1, 0.15) is 38.1 Å². The van der Waals surface area contributed by atoms with Gasteiger partial charge >= 0.3 is 13.6 Å². The number of hydrogen-bond acceptors (Lipinski definition) is 9. The molecule has 1 aromatic heterocycles. The van der Waals surface area contributed by atoms with E-state index in [-0.39, 0.29) is 11.9 Å². The predicted octanol–water partition coefficient (Wildman–Crippen LogP) is 1.69. The minimum absolute atomic E-state index is 0.0482. The van der Waals surface area contributed by atoms with Gasteiger partial charge in [0.1, 0.15) is 29.0 Å². The third-order valence-electron chi connectivity index (χ3n) is 6.33. The zero-order valence-electron chi connectivity index (χ0n) is 21.1. The van der Waals surface area contributed by atoms with Gasteiger partial charge in [0.25, 0.3) is 0 Å². The molecule has 3 aliphatic heterocycles. The Hall–Kier alpha value is -3.16. The van der Waals surface area contributed by atoms with Crippen LogP contribution in [0.25, 0.3) is 0 Å². The minimum atomic E-state index is -3.90. The van der Waals surface area contributed by atoms with Gasteiger partial charge in [-0.1, -0.05) is 12.1 Å². The second-order valence-corrected chi connectivity index (χ2v) is 13.2. The Labute approximate surface area is 227 Å². The van der Waals surface area contributed by atoms with E-state index in [0.29, 0.717) is 11.3 Å². The van der Waals surface area contributed by atoms with E-state index in [9.17, 15) is 29.2 Å². The van der Waals surface area contributed by atoms with Crippen molar-refractivity contribution < 1.29 is 48.1 Å². The van der Waals surface area contributed by atoms with E-state index in [1.54, 1.807) is 45.0 Å². The van der Waals surface area contributed by atoms with Crippen LogP contribution in [0.15, 0.2) is 52.1 Å². The van der Waals surface area contributed by atoms with Gasteiger partial charge in [-0.3, -0.25) is 19.1 Å². The number of phenolic OH excluding ortho intramolecular Hbond substituents is 1. The molecule has 2 aromatic rings. The summed E-state index contributed by atoms with van der Waals surface area (Å²) in [4.78, 5) is 59.7. The van der Waals surface area contributed by atoms with E-state index < -0.39 is 59.5 Å². The van der Waals surface area contributed by atoms with E-state index >= 15 is 0 Å². The average Bonchev–Trinajstić information content (AvgIpc) is 3.28. The van der Waals surface area contributed by atoms with E-state index in [0.717, 1.165) is 0 Å². The van der Waals surface area contributed by atoms with Gasteiger partial charge in [0.05, 0.1) is 18.6 Å². The van der Waals surface area contributed by atoms with E-state index in [1.165, 1.54) is 41.3 Å². The maximum absolute atomic E-state index is 13.1. The van der Waals surface area contributed by atoms with Gasteiger partial charge in [-0.15, -0.1) is 11.8 Å². The molecule has 0 aliphatic carbocycles. The van der Waals surface area contributed by atoms with Crippen molar-refractivity contribution in [3.8, 4) is 5.75 Å². The number of nitrogens with one attached hydrogen (secondary N) is 1. The number of epoxide rings is 1. The Morgan fingerprint density at radius 3 is 2.36 bits per heavy atom. The molecular formula is C24H28N3O10PS. The lowest BCUT2D eigenvalue weighted by Gasteiger charge is -2.43. The number of ether oxygens (including phenoxy) is 1. The number of amides is 2. The van der Waals surface area contributed by atoms with Crippen LogP contribution in [-0.4, -0.2) is 83.1 Å². The number of β-lactam (4-membered cyclic amide) rings is 1. The smallest absolute Gasteiger partial charge is 0.356 e. The van der Waals surface area contributed by atoms with Crippen LogP contribution in [0.4, 0.5) is 0 Å². The number of carbonyl (C=O) groups is 3. The van der Waals surface area contributed by atoms with Gasteiger partial charge in [0.2, 0.25) is 11.8 Å². The van der Waals surface area contributed by atoms with Crippen LogP contribution >= 0.6 is 19.4 Å². The Balaban J connectivity index is 0.000000379. The predicted molar refractivity (Wildman–Crippen MR) is 139 cm³/mol. The van der Waals surface area contributed by atoms with Crippen molar-refractivity contribution in [2.24, 2.45) is 4.99 Å². The lowest BCUT2D eigenvalue weighted by atomic mass is 9.95. The van der Waals surface area contributed by atoms with Gasteiger partial charge in [-0.2, -0.15) is 0 Å². The molecule has 4 heterocycles. The molecule has 0 spiro atoms. The second-order valence-electron chi connectivity index (χ2n) is 9.69. The second kappa shape index (κ2) is 10.8. The summed E-state index contributed by atoms with van der Waals surface area (Å²) in [5.41, 5.74) is 0.518. The number of phenols is 1. The molecule has 0 saturated carbocycles. The molecule has 0 bridgehead atoms. The molecule has 0 radical (unpaired) electrons. The van der Waals surface area contributed by atoms with Gasteiger partial charge in [-0.05, 0) is 50.6 Å². The number of furan rings is 1. The van der Waals surface area contributed by atoms with Crippen LogP contribution < -0.4 is 5.32 Å². The number of carbonyl (C=O) groups excluding carboxylic acids is 2. The van der Waals surface area contributed by atoms with Gasteiger partial charge in [-0.25, -0.2) is 4.79 Å². The Morgan fingerprint density at radius 2 is 1.87 bits per heavy atom. The number of aliphatic carboxylic acids is 1. The average molecular weight is 582 g/mol. The highest BCUT2D eigenvalue weighted by Gasteiger charge is 2.64. The molecule has 5 rings (SSSR count). The number of fused-ring (bicyclic) bond motifs is 1.